The molecule has 1 aromatic carbocycles. The van der Waals surface area contributed by atoms with Gasteiger partial charge in [0.05, 0.1) is 0 Å². The number of piperidine rings is 1. The summed E-state index contributed by atoms with van der Waals surface area (Å²) < 4.78 is 1.63. The number of hydrogen-bond donors (Lipinski definition) is 0. The van der Waals surface area contributed by atoms with Gasteiger partial charge in [0.2, 0.25) is 0 Å². The van der Waals surface area contributed by atoms with Gasteiger partial charge in [0.25, 0.3) is 11.8 Å². The van der Waals surface area contributed by atoms with Crippen LogP contribution < -0.4 is 0 Å². The van der Waals surface area contributed by atoms with Crippen molar-refractivity contribution in [3.8, 4) is 0 Å². The van der Waals surface area contributed by atoms with Crippen LogP contribution in [0.4, 0.5) is 0 Å². The number of likely N-dealkylation sites (tertiary alicyclic amines) is 1. The molecule has 0 N–H and O–H groups in total. The van der Waals surface area contributed by atoms with Crippen molar-refractivity contribution >= 4 is 11.8 Å². The number of aromatic nitrogens is 2. The van der Waals surface area contributed by atoms with E-state index in [0.717, 1.165) is 37.9 Å². The lowest BCUT2D eigenvalue weighted by atomic mass is 9.89. The molecule has 26 heavy (non-hydrogen) atoms. The van der Waals surface area contributed by atoms with Gasteiger partial charge in [-0.25, -0.2) is 0 Å². The zero-order chi connectivity index (χ0) is 18.7. The van der Waals surface area contributed by atoms with Crippen LogP contribution in [0.15, 0.2) is 36.5 Å². The second-order valence-corrected chi connectivity index (χ2v) is 7.18. The molecule has 138 valence electrons. The molecule has 1 aliphatic rings. The summed E-state index contributed by atoms with van der Waals surface area (Å²) in [6.45, 7) is 1.57. The standard InChI is InChI=1S/C20H26N4O2/c1-22(2)19(25)17-6-4-15(5-7-17)14-16-9-12-24(13-10-16)20(26)18-8-11-21-23(18)3/h4-8,11,16H,9-10,12-14H2,1-3H3. The van der Waals surface area contributed by atoms with Crippen LogP contribution in [0.25, 0.3) is 0 Å². The zero-order valence-electron chi connectivity index (χ0n) is 15.7. The van der Waals surface area contributed by atoms with E-state index in [2.05, 4.69) is 5.10 Å². The molecule has 1 aliphatic heterocycles. The van der Waals surface area contributed by atoms with Gasteiger partial charge >= 0.3 is 0 Å². The van der Waals surface area contributed by atoms with Crippen LogP contribution >= 0.6 is 0 Å². The Hall–Kier alpha value is -2.63. The Labute approximate surface area is 154 Å². The van der Waals surface area contributed by atoms with Gasteiger partial charge < -0.3 is 9.80 Å². The van der Waals surface area contributed by atoms with Crippen LogP contribution in [0.1, 0.15) is 39.3 Å². The highest BCUT2D eigenvalue weighted by Gasteiger charge is 2.25. The van der Waals surface area contributed by atoms with E-state index in [1.807, 2.05) is 29.2 Å². The number of hydrogen-bond acceptors (Lipinski definition) is 3. The lowest BCUT2D eigenvalue weighted by molar-refractivity contribution is 0.0679. The summed E-state index contributed by atoms with van der Waals surface area (Å²) in [5, 5.41) is 4.08. The maximum atomic E-state index is 12.5. The maximum Gasteiger partial charge on any atom is 0.272 e. The van der Waals surface area contributed by atoms with Crippen molar-refractivity contribution in [2.45, 2.75) is 19.3 Å². The summed E-state index contributed by atoms with van der Waals surface area (Å²) in [7, 11) is 5.32. The summed E-state index contributed by atoms with van der Waals surface area (Å²) >= 11 is 0. The number of nitrogens with zero attached hydrogens (tertiary/aromatic N) is 4. The predicted octanol–water partition coefficient (Wildman–Crippen LogP) is 2.22. The number of aryl methyl sites for hydroxylation is 1. The first-order valence-corrected chi connectivity index (χ1v) is 9.03. The molecule has 0 saturated carbocycles. The Kier molecular flexibility index (Phi) is 5.40. The molecule has 0 bridgehead atoms. The summed E-state index contributed by atoms with van der Waals surface area (Å²) in [6.07, 6.45) is 4.65. The quantitative estimate of drug-likeness (QED) is 0.846. The summed E-state index contributed by atoms with van der Waals surface area (Å²) in [5.41, 5.74) is 2.61. The van der Waals surface area contributed by atoms with E-state index in [4.69, 9.17) is 0 Å². The highest BCUT2D eigenvalue weighted by atomic mass is 16.2. The van der Waals surface area contributed by atoms with E-state index >= 15 is 0 Å². The largest absolute Gasteiger partial charge is 0.345 e. The smallest absolute Gasteiger partial charge is 0.272 e. The minimum Gasteiger partial charge on any atom is -0.345 e. The van der Waals surface area contributed by atoms with Crippen LogP contribution in [0, 0.1) is 5.92 Å². The van der Waals surface area contributed by atoms with Gasteiger partial charge in [-0.05, 0) is 48.9 Å². The summed E-state index contributed by atoms with van der Waals surface area (Å²) in [5.74, 6) is 0.662. The van der Waals surface area contributed by atoms with Gasteiger partial charge in [-0.1, -0.05) is 12.1 Å². The second-order valence-electron chi connectivity index (χ2n) is 7.18. The van der Waals surface area contributed by atoms with Crippen LogP contribution in [-0.4, -0.2) is 58.6 Å². The Morgan fingerprint density at radius 1 is 1.12 bits per heavy atom. The number of benzene rings is 1. The third kappa shape index (κ3) is 3.95. The maximum absolute atomic E-state index is 12.5. The van der Waals surface area contributed by atoms with E-state index in [1.165, 1.54) is 5.56 Å². The number of rotatable bonds is 4. The first kappa shape index (κ1) is 18.2. The van der Waals surface area contributed by atoms with E-state index in [9.17, 15) is 9.59 Å². The third-order valence-electron chi connectivity index (χ3n) is 5.07. The first-order chi connectivity index (χ1) is 12.5. The number of carbonyl (C=O) groups is 2. The van der Waals surface area contributed by atoms with Crippen LogP contribution in [0.2, 0.25) is 0 Å². The van der Waals surface area contributed by atoms with Gasteiger partial charge in [0, 0.05) is 46.0 Å². The van der Waals surface area contributed by atoms with Gasteiger partial charge in [0.1, 0.15) is 5.69 Å². The zero-order valence-corrected chi connectivity index (χ0v) is 15.7. The molecular weight excluding hydrogens is 328 g/mol. The molecule has 0 spiro atoms. The Balaban J connectivity index is 1.53. The Morgan fingerprint density at radius 3 is 2.31 bits per heavy atom. The highest BCUT2D eigenvalue weighted by molar-refractivity contribution is 5.94. The molecule has 1 fully saturated rings. The van der Waals surface area contributed by atoms with Gasteiger partial charge in [0.15, 0.2) is 0 Å². The average Bonchev–Trinajstić information content (AvgIpc) is 3.07. The fourth-order valence-corrected chi connectivity index (χ4v) is 3.46. The van der Waals surface area contributed by atoms with E-state index in [-0.39, 0.29) is 11.8 Å². The van der Waals surface area contributed by atoms with Crippen molar-refractivity contribution in [3.05, 3.63) is 53.3 Å². The third-order valence-corrected chi connectivity index (χ3v) is 5.07. The van der Waals surface area contributed by atoms with E-state index < -0.39 is 0 Å². The van der Waals surface area contributed by atoms with Crippen molar-refractivity contribution < 1.29 is 9.59 Å². The number of amides is 2. The molecule has 1 aromatic heterocycles. The van der Waals surface area contributed by atoms with Gasteiger partial charge in [-0.15, -0.1) is 0 Å². The SMILES string of the molecule is CN(C)C(=O)c1ccc(CC2CCN(C(=O)c3ccnn3C)CC2)cc1. The van der Waals surface area contributed by atoms with Crippen LogP contribution in [0.5, 0.6) is 0 Å². The summed E-state index contributed by atoms with van der Waals surface area (Å²) in [4.78, 5) is 28.0. The van der Waals surface area contributed by atoms with E-state index in [0.29, 0.717) is 11.6 Å². The highest BCUT2D eigenvalue weighted by Crippen LogP contribution is 2.23. The van der Waals surface area contributed by atoms with E-state index in [1.54, 1.807) is 43.0 Å². The minimum atomic E-state index is 0.0264. The predicted molar refractivity (Wildman–Crippen MR) is 100.0 cm³/mol. The van der Waals surface area contributed by atoms with Crippen molar-refractivity contribution in [2.24, 2.45) is 13.0 Å². The molecule has 0 radical (unpaired) electrons. The Morgan fingerprint density at radius 2 is 1.77 bits per heavy atom. The minimum absolute atomic E-state index is 0.0264. The molecular formula is C20H26N4O2. The lowest BCUT2D eigenvalue weighted by Gasteiger charge is -2.32. The van der Waals surface area contributed by atoms with Crippen LogP contribution in [-0.2, 0) is 13.5 Å². The second kappa shape index (κ2) is 7.72. The monoisotopic (exact) mass is 354 g/mol. The van der Waals surface area contributed by atoms with Crippen molar-refractivity contribution in [2.75, 3.05) is 27.2 Å². The molecule has 2 heterocycles. The van der Waals surface area contributed by atoms with Gasteiger partial charge in [-0.2, -0.15) is 5.10 Å². The molecule has 2 amide bonds. The molecule has 6 nitrogen and oxygen atoms in total. The molecule has 3 rings (SSSR count). The number of carbonyl (C=O) groups excluding carboxylic acids is 2. The molecule has 6 heteroatoms. The Bertz CT molecular complexity index is 771. The fraction of sp³-hybridized carbons (Fsp3) is 0.450. The lowest BCUT2D eigenvalue weighted by Crippen LogP contribution is -2.39. The molecule has 2 aromatic rings. The molecule has 1 saturated heterocycles. The topological polar surface area (TPSA) is 58.4 Å². The average molecular weight is 354 g/mol. The molecule has 0 aliphatic carbocycles. The normalized spacial score (nSPS) is 15.1. The molecule has 0 atom stereocenters. The van der Waals surface area contributed by atoms with Crippen LogP contribution in [0.3, 0.4) is 0 Å². The fourth-order valence-electron chi connectivity index (χ4n) is 3.46. The molecule has 0 unspecified atom stereocenters. The van der Waals surface area contributed by atoms with Gasteiger partial charge in [-0.3, -0.25) is 14.3 Å². The van der Waals surface area contributed by atoms with Crippen molar-refractivity contribution in [1.29, 1.82) is 0 Å². The first-order valence-electron chi connectivity index (χ1n) is 9.03. The summed E-state index contributed by atoms with van der Waals surface area (Å²) in [6, 6.07) is 9.66. The van der Waals surface area contributed by atoms with Crippen molar-refractivity contribution in [1.82, 2.24) is 19.6 Å². The van der Waals surface area contributed by atoms with Crippen molar-refractivity contribution in [3.63, 3.8) is 0 Å².